The molecule has 2 heteroatoms. The van der Waals surface area contributed by atoms with Crippen molar-refractivity contribution >= 4 is 0 Å². The summed E-state index contributed by atoms with van der Waals surface area (Å²) < 4.78 is 0. The third kappa shape index (κ3) is 1.86. The molecule has 0 spiro atoms. The second-order valence-electron chi connectivity index (χ2n) is 4.43. The van der Waals surface area contributed by atoms with Gasteiger partial charge < -0.3 is 10.8 Å². The lowest BCUT2D eigenvalue weighted by atomic mass is 9.74. The standard InChI is InChI=1S/C13H19NO/c1-2-12-10(8-14)4-3-9-5-6-11(15)7-13(9)12/h5-7,10,12,15H,2-4,8,14H2,1H3. The van der Waals surface area contributed by atoms with Gasteiger partial charge in [-0.3, -0.25) is 0 Å². The van der Waals surface area contributed by atoms with E-state index >= 15 is 0 Å². The Hall–Kier alpha value is -1.02. The van der Waals surface area contributed by atoms with Crippen molar-refractivity contribution in [1.29, 1.82) is 0 Å². The summed E-state index contributed by atoms with van der Waals surface area (Å²) in [7, 11) is 0. The SMILES string of the molecule is CCC1c2cc(O)ccc2CCC1CN. The van der Waals surface area contributed by atoms with Crippen LogP contribution in [0.15, 0.2) is 18.2 Å². The first-order chi connectivity index (χ1) is 7.26. The van der Waals surface area contributed by atoms with Gasteiger partial charge in [-0.25, -0.2) is 0 Å². The van der Waals surface area contributed by atoms with E-state index in [0.29, 0.717) is 17.6 Å². The smallest absolute Gasteiger partial charge is 0.115 e. The van der Waals surface area contributed by atoms with Gasteiger partial charge >= 0.3 is 0 Å². The summed E-state index contributed by atoms with van der Waals surface area (Å²) >= 11 is 0. The molecule has 82 valence electrons. The summed E-state index contributed by atoms with van der Waals surface area (Å²) in [4.78, 5) is 0. The molecule has 1 aromatic rings. The van der Waals surface area contributed by atoms with Crippen LogP contribution in [0.3, 0.4) is 0 Å². The lowest BCUT2D eigenvalue weighted by molar-refractivity contribution is 0.369. The molecular formula is C13H19NO. The van der Waals surface area contributed by atoms with Crippen LogP contribution in [0, 0.1) is 5.92 Å². The van der Waals surface area contributed by atoms with E-state index in [1.54, 1.807) is 6.07 Å². The summed E-state index contributed by atoms with van der Waals surface area (Å²) in [6.07, 6.45) is 3.40. The molecule has 3 N–H and O–H groups in total. The van der Waals surface area contributed by atoms with E-state index in [2.05, 4.69) is 13.0 Å². The van der Waals surface area contributed by atoms with Crippen molar-refractivity contribution in [3.63, 3.8) is 0 Å². The Balaban J connectivity index is 2.39. The number of benzene rings is 1. The van der Waals surface area contributed by atoms with Gasteiger partial charge in [0.25, 0.3) is 0 Å². The first kappa shape index (κ1) is 10.5. The number of aromatic hydroxyl groups is 1. The van der Waals surface area contributed by atoms with Crippen LogP contribution < -0.4 is 5.73 Å². The molecule has 1 aromatic carbocycles. The quantitative estimate of drug-likeness (QED) is 0.778. The molecule has 0 bridgehead atoms. The van der Waals surface area contributed by atoms with Gasteiger partial charge in [0.05, 0.1) is 0 Å². The van der Waals surface area contributed by atoms with Crippen LogP contribution in [0.4, 0.5) is 0 Å². The summed E-state index contributed by atoms with van der Waals surface area (Å²) in [5.41, 5.74) is 8.51. The summed E-state index contributed by atoms with van der Waals surface area (Å²) in [5, 5.41) is 9.53. The maximum atomic E-state index is 9.53. The molecule has 1 aliphatic rings. The highest BCUT2D eigenvalue weighted by atomic mass is 16.3. The molecule has 0 amide bonds. The van der Waals surface area contributed by atoms with Crippen LogP contribution in [-0.2, 0) is 6.42 Å². The van der Waals surface area contributed by atoms with E-state index in [4.69, 9.17) is 5.73 Å². The molecule has 15 heavy (non-hydrogen) atoms. The minimum Gasteiger partial charge on any atom is -0.508 e. The van der Waals surface area contributed by atoms with E-state index in [0.717, 1.165) is 19.4 Å². The van der Waals surface area contributed by atoms with Crippen molar-refractivity contribution in [1.82, 2.24) is 0 Å². The lowest BCUT2D eigenvalue weighted by Gasteiger charge is -2.32. The molecule has 0 aromatic heterocycles. The molecule has 0 radical (unpaired) electrons. The van der Waals surface area contributed by atoms with Gasteiger partial charge in [0.15, 0.2) is 0 Å². The molecule has 1 aliphatic carbocycles. The Kier molecular flexibility index (Phi) is 2.96. The van der Waals surface area contributed by atoms with Gasteiger partial charge in [-0.05, 0) is 60.9 Å². The average molecular weight is 205 g/mol. The van der Waals surface area contributed by atoms with Crippen molar-refractivity contribution in [2.24, 2.45) is 11.7 Å². The predicted molar refractivity (Wildman–Crippen MR) is 62.0 cm³/mol. The molecule has 2 rings (SSSR count). The van der Waals surface area contributed by atoms with Crippen molar-refractivity contribution < 1.29 is 5.11 Å². The molecule has 0 saturated heterocycles. The van der Waals surface area contributed by atoms with Crippen LogP contribution in [-0.4, -0.2) is 11.7 Å². The van der Waals surface area contributed by atoms with Gasteiger partial charge in [0, 0.05) is 0 Å². The zero-order valence-electron chi connectivity index (χ0n) is 9.24. The lowest BCUT2D eigenvalue weighted by Crippen LogP contribution is -2.26. The Morgan fingerprint density at radius 1 is 1.47 bits per heavy atom. The third-order valence-electron chi connectivity index (χ3n) is 3.63. The second kappa shape index (κ2) is 4.23. The molecule has 2 nitrogen and oxygen atoms in total. The summed E-state index contributed by atoms with van der Waals surface area (Å²) in [5.74, 6) is 1.50. The Morgan fingerprint density at radius 3 is 2.93 bits per heavy atom. The molecule has 0 saturated carbocycles. The van der Waals surface area contributed by atoms with Gasteiger partial charge in [-0.2, -0.15) is 0 Å². The minimum atomic E-state index is 0.380. The van der Waals surface area contributed by atoms with Gasteiger partial charge in [0.2, 0.25) is 0 Å². The fraction of sp³-hybridized carbons (Fsp3) is 0.538. The van der Waals surface area contributed by atoms with E-state index in [1.807, 2.05) is 6.07 Å². The fourth-order valence-corrected chi connectivity index (χ4v) is 2.79. The van der Waals surface area contributed by atoms with Crippen LogP contribution in [0.1, 0.15) is 36.8 Å². The predicted octanol–water partition coefficient (Wildman–Crippen LogP) is 2.41. The van der Waals surface area contributed by atoms with Gasteiger partial charge in [0.1, 0.15) is 5.75 Å². The van der Waals surface area contributed by atoms with Gasteiger partial charge in [-0.1, -0.05) is 13.0 Å². The first-order valence-corrected chi connectivity index (χ1v) is 5.78. The normalized spacial score (nSPS) is 24.9. The summed E-state index contributed by atoms with van der Waals surface area (Å²) in [6, 6.07) is 5.76. The highest BCUT2D eigenvalue weighted by Gasteiger charge is 2.27. The molecule has 0 heterocycles. The number of phenols is 1. The van der Waals surface area contributed by atoms with Crippen LogP contribution >= 0.6 is 0 Å². The molecule has 0 aliphatic heterocycles. The minimum absolute atomic E-state index is 0.380. The highest BCUT2D eigenvalue weighted by molar-refractivity contribution is 5.39. The summed E-state index contributed by atoms with van der Waals surface area (Å²) in [6.45, 7) is 2.96. The average Bonchev–Trinajstić information content (AvgIpc) is 2.27. The largest absolute Gasteiger partial charge is 0.508 e. The first-order valence-electron chi connectivity index (χ1n) is 5.78. The number of hydrogen-bond acceptors (Lipinski definition) is 2. The number of hydrogen-bond donors (Lipinski definition) is 2. The molecular weight excluding hydrogens is 186 g/mol. The zero-order valence-corrected chi connectivity index (χ0v) is 9.24. The number of phenolic OH excluding ortho intramolecular Hbond substituents is 1. The molecule has 2 atom stereocenters. The second-order valence-corrected chi connectivity index (χ2v) is 4.43. The Labute approximate surface area is 91.1 Å². The van der Waals surface area contributed by atoms with Crippen molar-refractivity contribution in [3.8, 4) is 5.75 Å². The van der Waals surface area contributed by atoms with E-state index < -0.39 is 0 Å². The van der Waals surface area contributed by atoms with E-state index in [-0.39, 0.29) is 0 Å². The molecule has 2 unspecified atom stereocenters. The Morgan fingerprint density at radius 2 is 2.27 bits per heavy atom. The van der Waals surface area contributed by atoms with E-state index in [9.17, 15) is 5.11 Å². The van der Waals surface area contributed by atoms with Gasteiger partial charge in [-0.15, -0.1) is 0 Å². The van der Waals surface area contributed by atoms with Crippen molar-refractivity contribution in [3.05, 3.63) is 29.3 Å². The fourth-order valence-electron chi connectivity index (χ4n) is 2.79. The Bertz CT molecular complexity index is 348. The zero-order chi connectivity index (χ0) is 10.8. The maximum Gasteiger partial charge on any atom is 0.115 e. The monoisotopic (exact) mass is 205 g/mol. The van der Waals surface area contributed by atoms with Crippen LogP contribution in [0.5, 0.6) is 5.75 Å². The van der Waals surface area contributed by atoms with Crippen molar-refractivity contribution in [2.75, 3.05) is 6.54 Å². The maximum absolute atomic E-state index is 9.53. The number of rotatable bonds is 2. The topological polar surface area (TPSA) is 46.2 Å². The molecule has 0 fully saturated rings. The highest BCUT2D eigenvalue weighted by Crippen LogP contribution is 2.39. The van der Waals surface area contributed by atoms with E-state index in [1.165, 1.54) is 17.5 Å². The number of fused-ring (bicyclic) bond motifs is 1. The van der Waals surface area contributed by atoms with Crippen LogP contribution in [0.2, 0.25) is 0 Å². The third-order valence-corrected chi connectivity index (χ3v) is 3.63. The van der Waals surface area contributed by atoms with Crippen LogP contribution in [0.25, 0.3) is 0 Å². The number of aryl methyl sites for hydroxylation is 1. The number of nitrogens with two attached hydrogens (primary N) is 1. The van der Waals surface area contributed by atoms with Crippen molar-refractivity contribution in [2.45, 2.75) is 32.1 Å².